The van der Waals surface area contributed by atoms with Crippen molar-refractivity contribution in [1.29, 1.82) is 0 Å². The summed E-state index contributed by atoms with van der Waals surface area (Å²) in [6.45, 7) is 0.322. The van der Waals surface area contributed by atoms with E-state index >= 15 is 0 Å². The Bertz CT molecular complexity index is 434. The van der Waals surface area contributed by atoms with Crippen molar-refractivity contribution in [2.24, 2.45) is 0 Å². The van der Waals surface area contributed by atoms with Crippen LogP contribution in [-0.2, 0) is 0 Å². The lowest BCUT2D eigenvalue weighted by atomic mass is 9.78. The van der Waals surface area contributed by atoms with Crippen LogP contribution in [0.15, 0.2) is 60.7 Å². The first-order chi connectivity index (χ1) is 9.86. The Kier molecular flexibility index (Phi) is 5.78. The van der Waals surface area contributed by atoms with E-state index in [9.17, 15) is 10.2 Å². The van der Waals surface area contributed by atoms with Gasteiger partial charge in [0.2, 0.25) is 0 Å². The van der Waals surface area contributed by atoms with Crippen molar-refractivity contribution in [3.05, 3.63) is 71.8 Å². The molecule has 0 amide bonds. The van der Waals surface area contributed by atoms with Gasteiger partial charge in [-0.05, 0) is 35.8 Å². The molecule has 2 atom stereocenters. The van der Waals surface area contributed by atoms with E-state index in [4.69, 9.17) is 0 Å². The fourth-order valence-electron chi connectivity index (χ4n) is 2.88. The Balaban J connectivity index is 2.33. The molecule has 0 unspecified atom stereocenters. The Morgan fingerprint density at radius 2 is 0.950 bits per heavy atom. The van der Waals surface area contributed by atoms with Crippen LogP contribution in [0.2, 0.25) is 0 Å². The van der Waals surface area contributed by atoms with Crippen LogP contribution in [0.1, 0.15) is 35.8 Å². The lowest BCUT2D eigenvalue weighted by molar-refractivity contribution is 0.240. The molecule has 2 rings (SSSR count). The highest BCUT2D eigenvalue weighted by Crippen LogP contribution is 2.37. The van der Waals surface area contributed by atoms with Gasteiger partial charge in [0, 0.05) is 13.2 Å². The molecule has 2 N–H and O–H groups in total. The summed E-state index contributed by atoms with van der Waals surface area (Å²) in [4.78, 5) is 0. The van der Waals surface area contributed by atoms with Crippen LogP contribution in [0.4, 0.5) is 0 Å². The van der Waals surface area contributed by atoms with E-state index in [0.717, 1.165) is 0 Å². The van der Waals surface area contributed by atoms with Crippen molar-refractivity contribution >= 4 is 0 Å². The quantitative estimate of drug-likeness (QED) is 0.810. The van der Waals surface area contributed by atoms with Crippen molar-refractivity contribution < 1.29 is 10.2 Å². The van der Waals surface area contributed by atoms with Gasteiger partial charge in [0.25, 0.3) is 0 Å². The van der Waals surface area contributed by atoms with E-state index in [1.54, 1.807) is 0 Å². The molecule has 2 heteroatoms. The molecule has 2 aromatic carbocycles. The first kappa shape index (κ1) is 14.8. The predicted molar refractivity (Wildman–Crippen MR) is 81.8 cm³/mol. The van der Waals surface area contributed by atoms with E-state index in [1.807, 2.05) is 36.4 Å². The monoisotopic (exact) mass is 270 g/mol. The number of hydrogen-bond acceptors (Lipinski definition) is 2. The molecule has 20 heavy (non-hydrogen) atoms. The van der Waals surface area contributed by atoms with Gasteiger partial charge in [0.1, 0.15) is 0 Å². The third kappa shape index (κ3) is 3.69. The van der Waals surface area contributed by atoms with Crippen LogP contribution >= 0.6 is 0 Å². The summed E-state index contributed by atoms with van der Waals surface area (Å²) in [5.74, 6) is 0.464. The van der Waals surface area contributed by atoms with Crippen molar-refractivity contribution in [2.75, 3.05) is 13.2 Å². The van der Waals surface area contributed by atoms with E-state index in [2.05, 4.69) is 24.3 Å². The molecular weight excluding hydrogens is 248 g/mol. The number of aliphatic hydroxyl groups excluding tert-OH is 2. The molecule has 0 aliphatic carbocycles. The zero-order chi connectivity index (χ0) is 14.2. The van der Waals surface area contributed by atoms with E-state index in [-0.39, 0.29) is 25.0 Å². The fraction of sp³-hybridized carbons (Fsp3) is 0.333. The summed E-state index contributed by atoms with van der Waals surface area (Å²) in [5, 5.41) is 18.8. The Hall–Kier alpha value is -1.64. The van der Waals surface area contributed by atoms with Crippen LogP contribution in [0.25, 0.3) is 0 Å². The minimum atomic E-state index is 0.161. The summed E-state index contributed by atoms with van der Waals surface area (Å²) in [6.07, 6.45) is 1.42. The van der Waals surface area contributed by atoms with Gasteiger partial charge < -0.3 is 10.2 Å². The van der Waals surface area contributed by atoms with Crippen molar-refractivity contribution in [3.8, 4) is 0 Å². The van der Waals surface area contributed by atoms with Gasteiger partial charge in [0.15, 0.2) is 0 Å². The Labute approximate surface area is 120 Å². The summed E-state index contributed by atoms with van der Waals surface area (Å²) in [5.41, 5.74) is 2.45. The summed E-state index contributed by atoms with van der Waals surface area (Å²) >= 11 is 0. The van der Waals surface area contributed by atoms with E-state index < -0.39 is 0 Å². The second-order valence-electron chi connectivity index (χ2n) is 5.06. The molecular formula is C18H22O2. The minimum Gasteiger partial charge on any atom is -0.396 e. The van der Waals surface area contributed by atoms with Crippen molar-refractivity contribution in [3.63, 3.8) is 0 Å². The van der Waals surface area contributed by atoms with Crippen molar-refractivity contribution in [1.82, 2.24) is 0 Å². The first-order valence-electron chi connectivity index (χ1n) is 7.18. The maximum absolute atomic E-state index is 9.40. The zero-order valence-corrected chi connectivity index (χ0v) is 11.7. The lowest BCUT2D eigenvalue weighted by Gasteiger charge is -2.27. The third-order valence-electron chi connectivity index (χ3n) is 3.82. The molecule has 0 saturated carbocycles. The smallest absolute Gasteiger partial charge is 0.0437 e. The molecule has 106 valence electrons. The normalized spacial score (nSPS) is 13.9. The molecule has 2 nitrogen and oxygen atoms in total. The van der Waals surface area contributed by atoms with Crippen LogP contribution < -0.4 is 0 Å². The molecule has 0 heterocycles. The van der Waals surface area contributed by atoms with Gasteiger partial charge in [-0.1, -0.05) is 60.7 Å². The molecule has 0 aliphatic rings. The SMILES string of the molecule is OCC[C@H](c1ccccc1)[C@@H](CCO)c1ccccc1. The minimum absolute atomic E-state index is 0.161. The second kappa shape index (κ2) is 7.83. The van der Waals surface area contributed by atoms with Gasteiger partial charge in [-0.15, -0.1) is 0 Å². The second-order valence-corrected chi connectivity index (χ2v) is 5.06. The predicted octanol–water partition coefficient (Wildman–Crippen LogP) is 3.32. The Morgan fingerprint density at radius 1 is 0.600 bits per heavy atom. The van der Waals surface area contributed by atoms with Gasteiger partial charge in [-0.3, -0.25) is 0 Å². The maximum atomic E-state index is 9.40. The van der Waals surface area contributed by atoms with Crippen molar-refractivity contribution in [2.45, 2.75) is 24.7 Å². The van der Waals surface area contributed by atoms with Crippen LogP contribution in [-0.4, -0.2) is 23.4 Å². The molecule has 0 aliphatic heterocycles. The number of aliphatic hydroxyl groups is 2. The first-order valence-corrected chi connectivity index (χ1v) is 7.18. The topological polar surface area (TPSA) is 40.5 Å². The summed E-state index contributed by atoms with van der Waals surface area (Å²) < 4.78 is 0. The average molecular weight is 270 g/mol. The van der Waals surface area contributed by atoms with Gasteiger partial charge in [-0.2, -0.15) is 0 Å². The number of hydrogen-bond donors (Lipinski definition) is 2. The third-order valence-corrected chi connectivity index (χ3v) is 3.82. The molecule has 0 aromatic heterocycles. The average Bonchev–Trinajstić information content (AvgIpc) is 2.52. The fourth-order valence-corrected chi connectivity index (χ4v) is 2.88. The van der Waals surface area contributed by atoms with E-state index in [1.165, 1.54) is 11.1 Å². The lowest BCUT2D eigenvalue weighted by Crippen LogP contribution is -2.14. The van der Waals surface area contributed by atoms with Gasteiger partial charge >= 0.3 is 0 Å². The van der Waals surface area contributed by atoms with E-state index in [0.29, 0.717) is 12.8 Å². The molecule has 0 radical (unpaired) electrons. The Morgan fingerprint density at radius 3 is 1.25 bits per heavy atom. The highest BCUT2D eigenvalue weighted by atomic mass is 16.3. The molecule has 0 bridgehead atoms. The molecule has 0 fully saturated rings. The standard InChI is InChI=1S/C18H22O2/c19-13-11-17(15-7-3-1-4-8-15)18(12-14-20)16-9-5-2-6-10-16/h1-10,17-20H,11-14H2/t17-,18+. The highest BCUT2D eigenvalue weighted by molar-refractivity contribution is 5.28. The summed E-state index contributed by atoms with van der Waals surface area (Å²) in [7, 11) is 0. The largest absolute Gasteiger partial charge is 0.396 e. The van der Waals surface area contributed by atoms with Crippen LogP contribution in [0.5, 0.6) is 0 Å². The molecule has 0 spiro atoms. The van der Waals surface area contributed by atoms with Gasteiger partial charge in [0.05, 0.1) is 0 Å². The number of rotatable bonds is 7. The highest BCUT2D eigenvalue weighted by Gasteiger charge is 2.23. The zero-order valence-electron chi connectivity index (χ0n) is 11.7. The molecule has 0 saturated heterocycles. The van der Waals surface area contributed by atoms with Crippen LogP contribution in [0, 0.1) is 0 Å². The maximum Gasteiger partial charge on any atom is 0.0437 e. The molecule has 2 aromatic rings. The van der Waals surface area contributed by atoms with Crippen LogP contribution in [0.3, 0.4) is 0 Å². The van der Waals surface area contributed by atoms with Gasteiger partial charge in [-0.25, -0.2) is 0 Å². The summed E-state index contributed by atoms with van der Waals surface area (Å²) in [6, 6.07) is 20.5. The number of benzene rings is 2.